The number of halogens is 3. The van der Waals surface area contributed by atoms with E-state index >= 15 is 0 Å². The van der Waals surface area contributed by atoms with Crippen LogP contribution in [0.2, 0.25) is 0 Å². The van der Waals surface area contributed by atoms with Crippen molar-refractivity contribution in [3.05, 3.63) is 35.4 Å². The van der Waals surface area contributed by atoms with E-state index in [1.165, 1.54) is 12.1 Å². The Bertz CT molecular complexity index is 647. The molecule has 1 N–H and O–H groups in total. The second-order valence-electron chi connectivity index (χ2n) is 7.24. The van der Waals surface area contributed by atoms with Crippen LogP contribution in [0.3, 0.4) is 0 Å². The number of alkyl halides is 3. The minimum Gasteiger partial charge on any atom is -0.444 e. The van der Waals surface area contributed by atoms with E-state index in [1.807, 2.05) is 0 Å². The summed E-state index contributed by atoms with van der Waals surface area (Å²) in [6, 6.07) is 4.36. The number of ketones is 1. The van der Waals surface area contributed by atoms with Gasteiger partial charge in [0.2, 0.25) is 0 Å². The molecule has 0 saturated heterocycles. The summed E-state index contributed by atoms with van der Waals surface area (Å²) in [5.41, 5.74) is -2.55. The van der Waals surface area contributed by atoms with Crippen molar-refractivity contribution in [3.8, 4) is 0 Å². The van der Waals surface area contributed by atoms with Crippen molar-refractivity contribution in [1.29, 1.82) is 0 Å². The average molecular weight is 357 g/mol. The van der Waals surface area contributed by atoms with E-state index in [0.717, 1.165) is 12.1 Å². The Balaban J connectivity index is 2.36. The van der Waals surface area contributed by atoms with Crippen LogP contribution in [0, 0.1) is 0 Å². The highest BCUT2D eigenvalue weighted by Crippen LogP contribution is 2.37. The summed E-state index contributed by atoms with van der Waals surface area (Å²) in [5, 5.41) is 2.62. The molecule has 138 valence electrons. The van der Waals surface area contributed by atoms with Gasteiger partial charge in [-0.3, -0.25) is 4.79 Å². The summed E-state index contributed by atoms with van der Waals surface area (Å²) >= 11 is 0. The van der Waals surface area contributed by atoms with Gasteiger partial charge in [-0.25, -0.2) is 4.79 Å². The molecule has 1 atom stereocenters. The van der Waals surface area contributed by atoms with Gasteiger partial charge in [0.15, 0.2) is 5.78 Å². The Morgan fingerprint density at radius 2 is 1.72 bits per heavy atom. The van der Waals surface area contributed by atoms with Gasteiger partial charge in [-0.1, -0.05) is 12.1 Å². The third-order valence-corrected chi connectivity index (χ3v) is 4.10. The average Bonchev–Trinajstić information content (AvgIpc) is 2.47. The first-order valence-electron chi connectivity index (χ1n) is 8.16. The summed E-state index contributed by atoms with van der Waals surface area (Å²) in [6.45, 7) is 5.08. The van der Waals surface area contributed by atoms with Crippen LogP contribution in [-0.2, 0) is 21.2 Å². The topological polar surface area (TPSA) is 55.4 Å². The third kappa shape index (κ3) is 4.52. The fraction of sp³-hybridized carbons (Fsp3) is 0.556. The van der Waals surface area contributed by atoms with Gasteiger partial charge < -0.3 is 10.1 Å². The number of rotatable bonds is 2. The molecule has 4 nitrogen and oxygen atoms in total. The third-order valence-electron chi connectivity index (χ3n) is 4.10. The fourth-order valence-electron chi connectivity index (χ4n) is 2.96. The standard InChI is InChI=1S/C18H22F3NO3/c1-16(2,3)25-15(24)22-17(11-5-4-6-14(17)23)12-7-9-13(10-8-12)18(19,20)21/h7-10H,4-6,11H2,1-3H3,(H,22,24)/t17-/m0/s1. The Labute approximate surface area is 144 Å². The summed E-state index contributed by atoms with van der Waals surface area (Å²) in [6.07, 6.45) is -3.25. The van der Waals surface area contributed by atoms with Gasteiger partial charge in [-0.2, -0.15) is 13.2 Å². The first-order chi connectivity index (χ1) is 11.4. The van der Waals surface area contributed by atoms with Gasteiger partial charge in [0.1, 0.15) is 11.1 Å². The molecule has 0 aliphatic heterocycles. The van der Waals surface area contributed by atoms with Crippen molar-refractivity contribution in [3.63, 3.8) is 0 Å². The van der Waals surface area contributed by atoms with E-state index in [9.17, 15) is 22.8 Å². The maximum absolute atomic E-state index is 12.8. The predicted octanol–water partition coefficient (Wildman–Crippen LogP) is 4.57. The summed E-state index contributed by atoms with van der Waals surface area (Å²) in [4.78, 5) is 24.8. The quantitative estimate of drug-likeness (QED) is 0.844. The van der Waals surface area contributed by atoms with Crippen LogP contribution < -0.4 is 5.32 Å². The van der Waals surface area contributed by atoms with Crippen LogP contribution in [-0.4, -0.2) is 17.5 Å². The maximum atomic E-state index is 12.8. The lowest BCUT2D eigenvalue weighted by atomic mass is 9.75. The highest BCUT2D eigenvalue weighted by atomic mass is 19.4. The molecule has 1 amide bonds. The molecule has 1 aliphatic carbocycles. The highest BCUT2D eigenvalue weighted by molar-refractivity contribution is 5.93. The molecule has 1 saturated carbocycles. The SMILES string of the molecule is CC(C)(C)OC(=O)N[C@]1(c2ccc(C(F)(F)F)cc2)CCCCC1=O. The van der Waals surface area contributed by atoms with Crippen LogP contribution in [0.15, 0.2) is 24.3 Å². The van der Waals surface area contributed by atoms with E-state index in [4.69, 9.17) is 4.74 Å². The van der Waals surface area contributed by atoms with Gasteiger partial charge in [0.25, 0.3) is 0 Å². The Morgan fingerprint density at radius 3 is 2.20 bits per heavy atom. The number of carbonyl (C=O) groups excluding carboxylic acids is 2. The molecule has 0 aromatic heterocycles. The first kappa shape index (κ1) is 19.3. The van der Waals surface area contributed by atoms with Crippen LogP contribution in [0.4, 0.5) is 18.0 Å². The first-order valence-corrected chi connectivity index (χ1v) is 8.16. The Kier molecular flexibility index (Phi) is 5.16. The number of Topliss-reactive ketones (excluding diaryl/α,β-unsaturated/α-hetero) is 1. The number of carbonyl (C=O) groups is 2. The van der Waals surface area contributed by atoms with Gasteiger partial charge in [0.05, 0.1) is 5.56 Å². The second-order valence-corrected chi connectivity index (χ2v) is 7.24. The minimum atomic E-state index is -4.46. The lowest BCUT2D eigenvalue weighted by Crippen LogP contribution is -2.54. The van der Waals surface area contributed by atoms with Gasteiger partial charge in [0, 0.05) is 6.42 Å². The molecule has 1 aromatic carbocycles. The molecule has 7 heteroatoms. The molecule has 0 radical (unpaired) electrons. The Morgan fingerprint density at radius 1 is 1.12 bits per heavy atom. The monoisotopic (exact) mass is 357 g/mol. The summed E-state index contributed by atoms with van der Waals surface area (Å²) in [7, 11) is 0. The second kappa shape index (κ2) is 6.69. The van der Waals surface area contributed by atoms with Gasteiger partial charge >= 0.3 is 12.3 Å². The number of ether oxygens (including phenoxy) is 1. The van der Waals surface area contributed by atoms with Crippen molar-refractivity contribution in [1.82, 2.24) is 5.32 Å². The zero-order valence-corrected chi connectivity index (χ0v) is 14.5. The molecule has 1 aromatic rings. The molecular weight excluding hydrogens is 335 g/mol. The van der Waals surface area contributed by atoms with Gasteiger partial charge in [-0.15, -0.1) is 0 Å². The molecule has 25 heavy (non-hydrogen) atoms. The van der Waals surface area contributed by atoms with E-state index < -0.39 is 29.0 Å². The predicted molar refractivity (Wildman–Crippen MR) is 86.0 cm³/mol. The van der Waals surface area contributed by atoms with Gasteiger partial charge in [-0.05, 0) is 57.7 Å². The van der Waals surface area contributed by atoms with E-state index in [0.29, 0.717) is 24.8 Å². The molecule has 1 aliphatic rings. The van der Waals surface area contributed by atoms with Crippen molar-refractivity contribution in [2.75, 3.05) is 0 Å². The molecule has 0 unspecified atom stereocenters. The number of alkyl carbamates (subject to hydrolysis) is 1. The molecule has 0 heterocycles. The van der Waals surface area contributed by atoms with Crippen LogP contribution in [0.1, 0.15) is 57.6 Å². The number of amides is 1. The molecule has 0 spiro atoms. The number of benzene rings is 1. The minimum absolute atomic E-state index is 0.218. The smallest absolute Gasteiger partial charge is 0.416 e. The highest BCUT2D eigenvalue weighted by Gasteiger charge is 2.44. The van der Waals surface area contributed by atoms with Crippen molar-refractivity contribution >= 4 is 11.9 Å². The van der Waals surface area contributed by atoms with Crippen molar-refractivity contribution in [2.45, 2.75) is 63.8 Å². The normalized spacial score (nSPS) is 21.8. The maximum Gasteiger partial charge on any atom is 0.416 e. The fourth-order valence-corrected chi connectivity index (χ4v) is 2.96. The van der Waals surface area contributed by atoms with E-state index in [-0.39, 0.29) is 12.2 Å². The molecular formula is C18H22F3NO3. The van der Waals surface area contributed by atoms with Crippen molar-refractivity contribution < 1.29 is 27.5 Å². The van der Waals surface area contributed by atoms with Crippen LogP contribution in [0.25, 0.3) is 0 Å². The van der Waals surface area contributed by atoms with Crippen LogP contribution >= 0.6 is 0 Å². The summed E-state index contributed by atoms with van der Waals surface area (Å²) in [5.74, 6) is -0.218. The zero-order chi connectivity index (χ0) is 18.9. The summed E-state index contributed by atoms with van der Waals surface area (Å²) < 4.78 is 43.6. The molecule has 2 rings (SSSR count). The largest absolute Gasteiger partial charge is 0.444 e. The molecule has 0 bridgehead atoms. The lowest BCUT2D eigenvalue weighted by Gasteiger charge is -2.37. The number of hydrogen-bond acceptors (Lipinski definition) is 3. The number of nitrogens with one attached hydrogen (secondary N) is 1. The zero-order valence-electron chi connectivity index (χ0n) is 14.5. The lowest BCUT2D eigenvalue weighted by molar-refractivity contribution is -0.137. The molecule has 1 fully saturated rings. The van der Waals surface area contributed by atoms with E-state index in [2.05, 4.69) is 5.32 Å². The number of hydrogen-bond donors (Lipinski definition) is 1. The van der Waals surface area contributed by atoms with E-state index in [1.54, 1.807) is 20.8 Å². The Hall–Kier alpha value is -2.05. The van der Waals surface area contributed by atoms with Crippen molar-refractivity contribution in [2.24, 2.45) is 0 Å². The van der Waals surface area contributed by atoms with Crippen LogP contribution in [0.5, 0.6) is 0 Å².